The quantitative estimate of drug-likeness (QED) is 0.574. The Balaban J connectivity index is 1.83. The zero-order chi connectivity index (χ0) is 9.00. The molecule has 0 aromatic rings. The Kier molecular flexibility index (Phi) is 1.76. The smallest absolute Gasteiger partial charge is 0.0324 e. The van der Waals surface area contributed by atoms with Crippen LogP contribution in [-0.2, 0) is 0 Å². The monoisotopic (exact) mass is 178 g/mol. The van der Waals surface area contributed by atoms with Gasteiger partial charge in [0.25, 0.3) is 0 Å². The van der Waals surface area contributed by atoms with Crippen molar-refractivity contribution in [3.63, 3.8) is 0 Å². The van der Waals surface area contributed by atoms with E-state index in [1.54, 1.807) is 32.1 Å². The summed E-state index contributed by atoms with van der Waals surface area (Å²) in [6.45, 7) is 4.89. The molecule has 0 heteroatoms. The summed E-state index contributed by atoms with van der Waals surface area (Å²) < 4.78 is 0. The SMILES string of the molecule is CC(C)C1CCC2C3CCC(C3)C12. The van der Waals surface area contributed by atoms with Crippen LogP contribution in [0.1, 0.15) is 46.0 Å². The van der Waals surface area contributed by atoms with Gasteiger partial charge < -0.3 is 0 Å². The van der Waals surface area contributed by atoms with Crippen molar-refractivity contribution < 1.29 is 0 Å². The lowest BCUT2D eigenvalue weighted by Gasteiger charge is -2.31. The summed E-state index contributed by atoms with van der Waals surface area (Å²) in [6, 6.07) is 0. The summed E-state index contributed by atoms with van der Waals surface area (Å²) in [4.78, 5) is 0. The van der Waals surface area contributed by atoms with Gasteiger partial charge in [0.15, 0.2) is 0 Å². The Morgan fingerprint density at radius 3 is 2.46 bits per heavy atom. The van der Waals surface area contributed by atoms with Gasteiger partial charge in [-0.3, -0.25) is 0 Å². The van der Waals surface area contributed by atoms with Crippen LogP contribution in [0.2, 0.25) is 0 Å². The zero-order valence-corrected chi connectivity index (χ0v) is 9.00. The molecule has 5 atom stereocenters. The first-order valence-electron chi connectivity index (χ1n) is 6.27. The van der Waals surface area contributed by atoms with E-state index in [1.807, 2.05) is 0 Å². The lowest BCUT2D eigenvalue weighted by atomic mass is 9.74. The molecule has 0 radical (unpaired) electrons. The van der Waals surface area contributed by atoms with Gasteiger partial charge in [0.05, 0.1) is 0 Å². The summed E-state index contributed by atoms with van der Waals surface area (Å²) in [6.07, 6.45) is 7.90. The molecule has 3 aliphatic rings. The minimum Gasteiger partial charge on any atom is -0.0625 e. The van der Waals surface area contributed by atoms with Crippen LogP contribution < -0.4 is 0 Å². The van der Waals surface area contributed by atoms with E-state index in [0.717, 1.165) is 17.8 Å². The van der Waals surface area contributed by atoms with Crippen LogP contribution in [0.3, 0.4) is 0 Å². The average molecular weight is 178 g/mol. The van der Waals surface area contributed by atoms with Crippen molar-refractivity contribution in [2.75, 3.05) is 0 Å². The topological polar surface area (TPSA) is 0 Å². The maximum absolute atomic E-state index is 2.44. The first-order chi connectivity index (χ1) is 6.27. The molecule has 0 spiro atoms. The number of hydrogen-bond donors (Lipinski definition) is 0. The summed E-state index contributed by atoms with van der Waals surface area (Å²) in [5.74, 6) is 6.71. The second-order valence-corrected chi connectivity index (χ2v) is 6.06. The molecule has 3 rings (SSSR count). The molecule has 3 aliphatic carbocycles. The highest BCUT2D eigenvalue weighted by Crippen LogP contribution is 2.61. The largest absolute Gasteiger partial charge is 0.0625 e. The standard InChI is InChI=1S/C13H22/c1-8(2)11-5-6-12-9-3-4-10(7-9)13(11)12/h8-13H,3-7H2,1-2H3. The third-order valence-electron chi connectivity index (χ3n) is 5.34. The van der Waals surface area contributed by atoms with Crippen LogP contribution >= 0.6 is 0 Å². The first kappa shape index (κ1) is 8.32. The molecule has 0 heterocycles. The van der Waals surface area contributed by atoms with Gasteiger partial charge in [-0.15, -0.1) is 0 Å². The highest BCUT2D eigenvalue weighted by atomic mass is 14.6. The fourth-order valence-corrected chi connectivity index (χ4v) is 4.91. The highest BCUT2D eigenvalue weighted by molar-refractivity contribution is 5.02. The molecule has 0 amide bonds. The van der Waals surface area contributed by atoms with Crippen molar-refractivity contribution in [1.82, 2.24) is 0 Å². The number of rotatable bonds is 1. The molecule has 2 bridgehead atoms. The molecule has 0 N–H and O–H groups in total. The van der Waals surface area contributed by atoms with Crippen molar-refractivity contribution in [1.29, 1.82) is 0 Å². The molecule has 3 saturated carbocycles. The first-order valence-corrected chi connectivity index (χ1v) is 6.27. The Morgan fingerprint density at radius 1 is 0.923 bits per heavy atom. The van der Waals surface area contributed by atoms with Gasteiger partial charge in [-0.25, -0.2) is 0 Å². The third kappa shape index (κ3) is 1.04. The van der Waals surface area contributed by atoms with Gasteiger partial charge in [0.2, 0.25) is 0 Å². The fourth-order valence-electron chi connectivity index (χ4n) is 4.91. The molecule has 0 aliphatic heterocycles. The normalized spacial score (nSPS) is 53.3. The third-order valence-corrected chi connectivity index (χ3v) is 5.34. The molecule has 3 fully saturated rings. The van der Waals surface area contributed by atoms with Crippen molar-refractivity contribution >= 4 is 0 Å². The average Bonchev–Trinajstić information content (AvgIpc) is 2.76. The van der Waals surface area contributed by atoms with E-state index in [9.17, 15) is 0 Å². The molecule has 0 nitrogen and oxygen atoms in total. The van der Waals surface area contributed by atoms with Crippen LogP contribution in [0.25, 0.3) is 0 Å². The van der Waals surface area contributed by atoms with Crippen molar-refractivity contribution in [2.45, 2.75) is 46.0 Å². The van der Waals surface area contributed by atoms with Gasteiger partial charge in [-0.05, 0) is 67.6 Å². The van der Waals surface area contributed by atoms with Crippen LogP contribution in [0.15, 0.2) is 0 Å². The maximum atomic E-state index is 2.44. The maximum Gasteiger partial charge on any atom is -0.0324 e. The second kappa shape index (κ2) is 2.74. The summed E-state index contributed by atoms with van der Waals surface area (Å²) in [5, 5.41) is 0. The van der Waals surface area contributed by atoms with Gasteiger partial charge in [-0.2, -0.15) is 0 Å². The van der Waals surface area contributed by atoms with Gasteiger partial charge in [0.1, 0.15) is 0 Å². The second-order valence-electron chi connectivity index (χ2n) is 6.06. The van der Waals surface area contributed by atoms with Gasteiger partial charge in [-0.1, -0.05) is 13.8 Å². The predicted molar refractivity (Wildman–Crippen MR) is 55.4 cm³/mol. The van der Waals surface area contributed by atoms with Crippen LogP contribution in [0, 0.1) is 35.5 Å². The molecule has 0 aromatic heterocycles. The zero-order valence-electron chi connectivity index (χ0n) is 9.00. The Labute approximate surface area is 82.1 Å². The van der Waals surface area contributed by atoms with Crippen molar-refractivity contribution in [3.8, 4) is 0 Å². The Bertz CT molecular complexity index is 206. The molecule has 5 unspecified atom stereocenters. The van der Waals surface area contributed by atoms with E-state index in [1.165, 1.54) is 17.8 Å². The van der Waals surface area contributed by atoms with Crippen LogP contribution in [0.5, 0.6) is 0 Å². The minimum absolute atomic E-state index is 0.953. The van der Waals surface area contributed by atoms with E-state index in [2.05, 4.69) is 13.8 Å². The van der Waals surface area contributed by atoms with E-state index < -0.39 is 0 Å². The minimum atomic E-state index is 0.953. The van der Waals surface area contributed by atoms with Gasteiger partial charge >= 0.3 is 0 Å². The predicted octanol–water partition coefficient (Wildman–Crippen LogP) is 3.71. The summed E-state index contributed by atoms with van der Waals surface area (Å²) >= 11 is 0. The number of fused-ring (bicyclic) bond motifs is 5. The summed E-state index contributed by atoms with van der Waals surface area (Å²) in [5.41, 5.74) is 0. The lowest BCUT2D eigenvalue weighted by molar-refractivity contribution is 0.178. The molecule has 13 heavy (non-hydrogen) atoms. The molecule has 0 saturated heterocycles. The molecular formula is C13H22. The van der Waals surface area contributed by atoms with Crippen LogP contribution in [0.4, 0.5) is 0 Å². The van der Waals surface area contributed by atoms with E-state index in [-0.39, 0.29) is 0 Å². The van der Waals surface area contributed by atoms with E-state index in [0.29, 0.717) is 0 Å². The van der Waals surface area contributed by atoms with E-state index in [4.69, 9.17) is 0 Å². The molecular weight excluding hydrogens is 156 g/mol. The fraction of sp³-hybridized carbons (Fsp3) is 1.00. The Morgan fingerprint density at radius 2 is 1.69 bits per heavy atom. The lowest BCUT2D eigenvalue weighted by Crippen LogP contribution is -2.24. The summed E-state index contributed by atoms with van der Waals surface area (Å²) in [7, 11) is 0. The van der Waals surface area contributed by atoms with Crippen LogP contribution in [-0.4, -0.2) is 0 Å². The van der Waals surface area contributed by atoms with E-state index >= 15 is 0 Å². The van der Waals surface area contributed by atoms with Crippen molar-refractivity contribution in [3.05, 3.63) is 0 Å². The highest BCUT2D eigenvalue weighted by Gasteiger charge is 2.53. The Hall–Kier alpha value is 0. The van der Waals surface area contributed by atoms with Crippen molar-refractivity contribution in [2.24, 2.45) is 35.5 Å². The number of hydrogen-bond acceptors (Lipinski definition) is 0. The molecule has 74 valence electrons. The van der Waals surface area contributed by atoms with Gasteiger partial charge in [0, 0.05) is 0 Å². The molecule has 0 aromatic carbocycles.